The third kappa shape index (κ3) is 8.82. The average molecular weight is 310 g/mol. The summed E-state index contributed by atoms with van der Waals surface area (Å²) in [5.74, 6) is -1.11. The van der Waals surface area contributed by atoms with Gasteiger partial charge >= 0.3 is 5.97 Å². The number of ether oxygens (including phenoxy) is 3. The highest BCUT2D eigenvalue weighted by Gasteiger charge is 2.36. The van der Waals surface area contributed by atoms with Gasteiger partial charge in [-0.1, -0.05) is 0 Å². The van der Waals surface area contributed by atoms with Crippen molar-refractivity contribution in [2.45, 2.75) is 19.2 Å². The van der Waals surface area contributed by atoms with Crippen molar-refractivity contribution in [2.24, 2.45) is 0 Å². The van der Waals surface area contributed by atoms with Gasteiger partial charge in [0.1, 0.15) is 13.9 Å². The molecule has 2 unspecified atom stereocenters. The Bertz CT molecular complexity index is 270. The van der Waals surface area contributed by atoms with Crippen LogP contribution in [0.3, 0.4) is 0 Å². The maximum Gasteiger partial charge on any atom is 0.306 e. The molecule has 0 aliphatic heterocycles. The molecule has 0 heterocycles. The van der Waals surface area contributed by atoms with Gasteiger partial charge in [0, 0.05) is 19.9 Å². The van der Waals surface area contributed by atoms with Gasteiger partial charge in [-0.05, 0) is 6.92 Å². The maximum atomic E-state index is 11.1. The summed E-state index contributed by atoms with van der Waals surface area (Å²) in [6, 6.07) is 0. The Hall–Kier alpha value is -0.260. The van der Waals surface area contributed by atoms with Crippen LogP contribution in [0.1, 0.15) is 13.3 Å². The summed E-state index contributed by atoms with van der Waals surface area (Å²) in [5.41, 5.74) is 0. The van der Waals surface area contributed by atoms with Gasteiger partial charge in [0.25, 0.3) is 0 Å². The first kappa shape index (κ1) is 19.7. The van der Waals surface area contributed by atoms with Crippen LogP contribution >= 0.6 is 8.07 Å². The number of nitrogens with zero attached hydrogens (tertiary/aromatic N) is 1. The number of methoxy groups -OCH3 is 1. The van der Waals surface area contributed by atoms with E-state index in [0.717, 1.165) is 6.16 Å². The molecule has 0 aliphatic rings. The standard InChI is InChI=1S/C13H28NO5P/c1-6-18-7-8-19-13(11-12(15)16)20(10-9-17-5)14(2,3)4/h13H,6-11H2,1-5H3/p+1. The quantitative estimate of drug-likeness (QED) is 0.438. The zero-order chi connectivity index (χ0) is 15.6. The lowest BCUT2D eigenvalue weighted by Crippen LogP contribution is -2.36. The predicted octanol–water partition coefficient (Wildman–Crippen LogP) is 1.59. The molecule has 0 aromatic heterocycles. The Kier molecular flexibility index (Phi) is 10.3. The lowest BCUT2D eigenvalue weighted by atomic mass is 10.5. The van der Waals surface area contributed by atoms with Crippen LogP contribution in [-0.2, 0) is 19.0 Å². The van der Waals surface area contributed by atoms with E-state index < -0.39 is 14.0 Å². The number of hydrogen-bond donors (Lipinski definition) is 1. The van der Waals surface area contributed by atoms with Crippen LogP contribution in [0.4, 0.5) is 0 Å². The SMILES string of the molecule is CCOCCOC(CC(=O)O)P(CCOC)[N+](C)(C)C. The molecule has 0 saturated carbocycles. The van der Waals surface area contributed by atoms with E-state index in [9.17, 15) is 4.79 Å². The van der Waals surface area contributed by atoms with E-state index >= 15 is 0 Å². The normalized spacial score (nSPS) is 15.1. The van der Waals surface area contributed by atoms with Gasteiger partial charge < -0.3 is 23.6 Å². The summed E-state index contributed by atoms with van der Waals surface area (Å²) >= 11 is 0. The van der Waals surface area contributed by atoms with Crippen LogP contribution in [-0.4, -0.2) is 82.0 Å². The van der Waals surface area contributed by atoms with Crippen molar-refractivity contribution in [1.82, 2.24) is 0 Å². The summed E-state index contributed by atoms with van der Waals surface area (Å²) in [4.78, 5) is 11.1. The third-order valence-electron chi connectivity index (χ3n) is 2.72. The molecule has 20 heavy (non-hydrogen) atoms. The minimum absolute atomic E-state index is 0.0249. The zero-order valence-corrected chi connectivity index (χ0v) is 14.2. The molecule has 0 saturated heterocycles. The average Bonchev–Trinajstić information content (AvgIpc) is 2.32. The molecule has 120 valence electrons. The summed E-state index contributed by atoms with van der Waals surface area (Å²) < 4.78 is 16.9. The monoisotopic (exact) mass is 310 g/mol. The molecule has 1 N–H and O–H groups in total. The zero-order valence-electron chi connectivity index (χ0n) is 13.3. The highest BCUT2D eigenvalue weighted by atomic mass is 31.1. The van der Waals surface area contributed by atoms with Gasteiger partial charge in [0.2, 0.25) is 0 Å². The smallest absolute Gasteiger partial charge is 0.306 e. The van der Waals surface area contributed by atoms with E-state index in [0.29, 0.717) is 30.7 Å². The van der Waals surface area contributed by atoms with E-state index in [2.05, 4.69) is 21.1 Å². The number of hydrogen-bond acceptors (Lipinski definition) is 4. The summed E-state index contributed by atoms with van der Waals surface area (Å²) in [7, 11) is 7.20. The fourth-order valence-electron chi connectivity index (χ4n) is 1.80. The van der Waals surface area contributed by atoms with Crippen molar-refractivity contribution in [2.75, 3.05) is 60.8 Å². The molecular formula is C13H29NO5P+. The van der Waals surface area contributed by atoms with Crippen LogP contribution < -0.4 is 0 Å². The number of carbonyl (C=O) groups is 1. The molecule has 0 aliphatic carbocycles. The first-order valence-corrected chi connectivity index (χ1v) is 8.36. The molecule has 0 rings (SSSR count). The van der Waals surface area contributed by atoms with Crippen molar-refractivity contribution in [1.29, 1.82) is 0 Å². The largest absolute Gasteiger partial charge is 0.481 e. The lowest BCUT2D eigenvalue weighted by Gasteiger charge is -2.37. The van der Waals surface area contributed by atoms with Crippen molar-refractivity contribution in [3.05, 3.63) is 0 Å². The number of aliphatic carboxylic acids is 1. The highest BCUT2D eigenvalue weighted by Crippen LogP contribution is 2.49. The Morgan fingerprint density at radius 3 is 2.35 bits per heavy atom. The molecular weight excluding hydrogens is 281 g/mol. The van der Waals surface area contributed by atoms with Crippen molar-refractivity contribution in [3.63, 3.8) is 0 Å². The molecule has 0 amide bonds. The summed E-state index contributed by atoms with van der Waals surface area (Å²) in [6.45, 7) is 4.11. The second-order valence-corrected chi connectivity index (χ2v) is 8.32. The fourth-order valence-corrected chi connectivity index (χ4v) is 4.48. The van der Waals surface area contributed by atoms with Crippen molar-refractivity contribution < 1.29 is 28.4 Å². The highest BCUT2D eigenvalue weighted by molar-refractivity contribution is 7.52. The molecule has 0 fully saturated rings. The molecule has 0 aromatic carbocycles. The van der Waals surface area contributed by atoms with Gasteiger partial charge in [-0.2, -0.15) is 0 Å². The van der Waals surface area contributed by atoms with Gasteiger partial charge in [-0.15, -0.1) is 0 Å². The molecule has 0 aromatic rings. The Balaban J connectivity index is 4.67. The Morgan fingerprint density at radius 1 is 1.25 bits per heavy atom. The topological polar surface area (TPSA) is 65.0 Å². The van der Waals surface area contributed by atoms with Crippen molar-refractivity contribution in [3.8, 4) is 0 Å². The van der Waals surface area contributed by atoms with Crippen LogP contribution in [0.2, 0.25) is 0 Å². The maximum absolute atomic E-state index is 11.1. The fraction of sp³-hybridized carbons (Fsp3) is 0.923. The number of quaternary nitrogens is 1. The first-order valence-electron chi connectivity index (χ1n) is 6.81. The second kappa shape index (κ2) is 10.5. The van der Waals surface area contributed by atoms with E-state index in [4.69, 9.17) is 19.3 Å². The van der Waals surface area contributed by atoms with Crippen LogP contribution in [0.25, 0.3) is 0 Å². The Morgan fingerprint density at radius 2 is 1.90 bits per heavy atom. The molecule has 7 heteroatoms. The number of rotatable bonds is 12. The van der Waals surface area contributed by atoms with Crippen LogP contribution in [0, 0.1) is 0 Å². The van der Waals surface area contributed by atoms with E-state index in [1.165, 1.54) is 0 Å². The lowest BCUT2D eigenvalue weighted by molar-refractivity contribution is -0.741. The number of carboxylic acids is 1. The number of carboxylic acid groups (broad SMARTS) is 1. The van der Waals surface area contributed by atoms with Crippen molar-refractivity contribution >= 4 is 14.0 Å². The molecule has 0 spiro atoms. The van der Waals surface area contributed by atoms with E-state index in [1.807, 2.05) is 6.92 Å². The van der Waals surface area contributed by atoms with Gasteiger partial charge in [-0.25, -0.2) is 0 Å². The predicted molar refractivity (Wildman–Crippen MR) is 80.2 cm³/mol. The van der Waals surface area contributed by atoms with Gasteiger partial charge in [0.05, 0.1) is 47.4 Å². The third-order valence-corrected chi connectivity index (χ3v) is 5.90. The summed E-state index contributed by atoms with van der Waals surface area (Å²) in [5, 5.41) is 9.09. The Labute approximate surface area is 123 Å². The minimum atomic E-state index is -0.829. The second-order valence-electron chi connectivity index (χ2n) is 5.22. The summed E-state index contributed by atoms with van der Waals surface area (Å²) in [6.07, 6.45) is 0.846. The van der Waals surface area contributed by atoms with Gasteiger partial charge in [0.15, 0.2) is 0 Å². The van der Waals surface area contributed by atoms with Gasteiger partial charge in [-0.3, -0.25) is 4.79 Å². The molecule has 0 radical (unpaired) electrons. The first-order chi connectivity index (χ1) is 9.32. The molecule has 0 bridgehead atoms. The van der Waals surface area contributed by atoms with Crippen LogP contribution in [0.5, 0.6) is 0 Å². The van der Waals surface area contributed by atoms with E-state index in [-0.39, 0.29) is 12.3 Å². The van der Waals surface area contributed by atoms with Crippen LogP contribution in [0.15, 0.2) is 0 Å². The minimum Gasteiger partial charge on any atom is -0.481 e. The van der Waals surface area contributed by atoms with E-state index in [1.54, 1.807) is 7.11 Å². The molecule has 2 atom stereocenters. The molecule has 6 nitrogen and oxygen atoms in total.